The maximum Gasteiger partial charge on any atom is 0.408 e. The van der Waals surface area contributed by atoms with Crippen molar-refractivity contribution < 1.29 is 33.4 Å². The molecule has 0 spiro atoms. The predicted octanol–water partition coefficient (Wildman–Crippen LogP) is 5.57. The number of nitrogens with one attached hydrogen (secondary N) is 1. The first-order chi connectivity index (χ1) is 18.6. The highest BCUT2D eigenvalue weighted by Gasteiger charge is 2.29. The van der Waals surface area contributed by atoms with Gasteiger partial charge in [0, 0.05) is 17.5 Å². The van der Waals surface area contributed by atoms with Crippen molar-refractivity contribution in [2.24, 2.45) is 0 Å². The van der Waals surface area contributed by atoms with E-state index in [-0.39, 0.29) is 25.2 Å². The molecule has 0 saturated heterocycles. The van der Waals surface area contributed by atoms with Gasteiger partial charge in [-0.3, -0.25) is 9.59 Å². The highest BCUT2D eigenvalue weighted by atomic mass is 16.6. The molecule has 39 heavy (non-hydrogen) atoms. The van der Waals surface area contributed by atoms with Crippen LogP contribution in [0.15, 0.2) is 91.0 Å². The zero-order chi connectivity index (χ0) is 28.3. The number of rotatable bonds is 11. The molecule has 1 N–H and O–H groups in total. The molecule has 0 aromatic heterocycles. The Kier molecular flexibility index (Phi) is 10.4. The monoisotopic (exact) mass is 531 g/mol. The number of hydrogen-bond acceptors (Lipinski definition) is 7. The third-order valence-electron chi connectivity index (χ3n) is 5.48. The molecular weight excluding hydrogens is 498 g/mol. The van der Waals surface area contributed by atoms with Gasteiger partial charge in [-0.25, -0.2) is 9.59 Å². The smallest absolute Gasteiger partial charge is 0.408 e. The van der Waals surface area contributed by atoms with Crippen molar-refractivity contribution in [3.8, 4) is 0 Å². The van der Waals surface area contributed by atoms with Crippen molar-refractivity contribution in [3.63, 3.8) is 0 Å². The molecule has 8 heteroatoms. The summed E-state index contributed by atoms with van der Waals surface area (Å²) in [5.41, 5.74) is 0.896. The van der Waals surface area contributed by atoms with Crippen LogP contribution in [0.3, 0.4) is 0 Å². The summed E-state index contributed by atoms with van der Waals surface area (Å²) in [7, 11) is 0. The summed E-state index contributed by atoms with van der Waals surface area (Å²) in [5.74, 6) is -1.81. The Bertz CT molecular complexity index is 1240. The summed E-state index contributed by atoms with van der Waals surface area (Å²) in [4.78, 5) is 51.4. The second-order valence-electron chi connectivity index (χ2n) is 9.84. The van der Waals surface area contributed by atoms with Gasteiger partial charge in [0.25, 0.3) is 0 Å². The first-order valence-electron chi connectivity index (χ1n) is 12.7. The summed E-state index contributed by atoms with van der Waals surface area (Å²) >= 11 is 0. The van der Waals surface area contributed by atoms with Gasteiger partial charge in [-0.15, -0.1) is 0 Å². The summed E-state index contributed by atoms with van der Waals surface area (Å²) in [6.07, 6.45) is -2.36. The number of carbonyl (C=O) groups is 4. The van der Waals surface area contributed by atoms with Gasteiger partial charge in [0.2, 0.25) is 5.78 Å². The summed E-state index contributed by atoms with van der Waals surface area (Å²) in [6, 6.07) is 25.1. The topological polar surface area (TPSA) is 108 Å². The van der Waals surface area contributed by atoms with Gasteiger partial charge in [-0.05, 0) is 32.8 Å². The third-order valence-corrected chi connectivity index (χ3v) is 5.48. The van der Waals surface area contributed by atoms with E-state index in [4.69, 9.17) is 14.2 Å². The quantitative estimate of drug-likeness (QED) is 0.196. The van der Waals surface area contributed by atoms with Gasteiger partial charge in [0.15, 0.2) is 6.10 Å². The number of benzene rings is 3. The molecule has 8 nitrogen and oxygen atoms in total. The van der Waals surface area contributed by atoms with Crippen LogP contribution in [0.25, 0.3) is 0 Å². The number of alkyl carbamates (subject to hydrolysis) is 1. The standard InChI is InChI=1S/C31H33NO7/c1-31(2,3)39-30(36)32-25(29(35)37-21-22-13-7-4-8-14-22)19-20-26(33)38-28(24-17-11-6-12-18-24)27(34)23-15-9-5-10-16-23/h4-18,25,28H,19-21H2,1-3H3,(H,32,36)/t25-,28?/m0/s1. The Morgan fingerprint density at radius 2 is 1.36 bits per heavy atom. The van der Waals surface area contributed by atoms with E-state index in [2.05, 4.69) is 5.32 Å². The normalized spacial score (nSPS) is 12.5. The van der Waals surface area contributed by atoms with E-state index in [0.717, 1.165) is 5.56 Å². The minimum atomic E-state index is -1.17. The molecule has 3 rings (SSSR count). The van der Waals surface area contributed by atoms with E-state index in [1.807, 2.05) is 18.2 Å². The van der Waals surface area contributed by atoms with Gasteiger partial charge in [-0.1, -0.05) is 91.0 Å². The number of esters is 2. The molecule has 0 heterocycles. The first-order valence-corrected chi connectivity index (χ1v) is 12.7. The fourth-order valence-electron chi connectivity index (χ4n) is 3.64. The Morgan fingerprint density at radius 3 is 1.95 bits per heavy atom. The van der Waals surface area contributed by atoms with E-state index in [1.54, 1.807) is 93.6 Å². The number of ketones is 1. The van der Waals surface area contributed by atoms with E-state index in [0.29, 0.717) is 11.1 Å². The lowest BCUT2D eigenvalue weighted by atomic mass is 10.00. The molecule has 0 bridgehead atoms. The molecule has 0 fully saturated rings. The van der Waals surface area contributed by atoms with Crippen molar-refractivity contribution in [1.82, 2.24) is 5.32 Å². The van der Waals surface area contributed by atoms with Crippen LogP contribution in [-0.2, 0) is 30.4 Å². The van der Waals surface area contributed by atoms with Crippen LogP contribution in [0.1, 0.15) is 61.2 Å². The van der Waals surface area contributed by atoms with Crippen molar-refractivity contribution in [1.29, 1.82) is 0 Å². The van der Waals surface area contributed by atoms with Gasteiger partial charge in [-0.2, -0.15) is 0 Å². The lowest BCUT2D eigenvalue weighted by Crippen LogP contribution is -2.44. The van der Waals surface area contributed by atoms with E-state index >= 15 is 0 Å². The maximum absolute atomic E-state index is 13.2. The van der Waals surface area contributed by atoms with Crippen LogP contribution in [-0.4, -0.2) is 35.5 Å². The van der Waals surface area contributed by atoms with Gasteiger partial charge in [0.05, 0.1) is 0 Å². The van der Waals surface area contributed by atoms with E-state index in [1.165, 1.54) is 0 Å². The molecule has 3 aromatic carbocycles. The predicted molar refractivity (Wildman–Crippen MR) is 145 cm³/mol. The largest absolute Gasteiger partial charge is 0.459 e. The van der Waals surface area contributed by atoms with E-state index in [9.17, 15) is 19.2 Å². The fourth-order valence-corrected chi connectivity index (χ4v) is 3.64. The van der Waals surface area contributed by atoms with Gasteiger partial charge in [0.1, 0.15) is 18.2 Å². The van der Waals surface area contributed by atoms with Crippen molar-refractivity contribution >= 4 is 23.8 Å². The zero-order valence-corrected chi connectivity index (χ0v) is 22.3. The first kappa shape index (κ1) is 29.1. The van der Waals surface area contributed by atoms with Crippen molar-refractivity contribution in [2.45, 2.75) is 58.0 Å². The SMILES string of the molecule is CC(C)(C)OC(=O)N[C@@H](CCC(=O)OC(C(=O)c1ccccc1)c1ccccc1)C(=O)OCc1ccccc1. The molecule has 2 atom stereocenters. The molecule has 1 unspecified atom stereocenters. The number of amides is 1. The zero-order valence-electron chi connectivity index (χ0n) is 22.3. The molecule has 204 valence electrons. The molecule has 1 amide bonds. The summed E-state index contributed by atoms with van der Waals surface area (Å²) < 4.78 is 16.3. The summed E-state index contributed by atoms with van der Waals surface area (Å²) in [6.45, 7) is 5.08. The van der Waals surface area contributed by atoms with Crippen LogP contribution < -0.4 is 5.32 Å². The number of hydrogen-bond donors (Lipinski definition) is 1. The molecule has 3 aromatic rings. The Balaban J connectivity index is 1.69. The van der Waals surface area contributed by atoms with E-state index < -0.39 is 35.8 Å². The second-order valence-corrected chi connectivity index (χ2v) is 9.84. The number of ether oxygens (including phenoxy) is 3. The molecule has 0 aliphatic rings. The molecule has 0 aliphatic carbocycles. The molecule has 0 aliphatic heterocycles. The number of Topliss-reactive ketones (excluding diaryl/α,β-unsaturated/α-hetero) is 1. The average Bonchev–Trinajstić information content (AvgIpc) is 2.92. The van der Waals surface area contributed by atoms with Crippen LogP contribution in [0.5, 0.6) is 0 Å². The van der Waals surface area contributed by atoms with Crippen LogP contribution in [0.4, 0.5) is 4.79 Å². The van der Waals surface area contributed by atoms with Crippen molar-refractivity contribution in [2.75, 3.05) is 0 Å². The Morgan fingerprint density at radius 1 is 0.795 bits per heavy atom. The highest BCUT2D eigenvalue weighted by molar-refractivity contribution is 6.01. The van der Waals surface area contributed by atoms with Crippen LogP contribution in [0, 0.1) is 0 Å². The lowest BCUT2D eigenvalue weighted by Gasteiger charge is -2.23. The fraction of sp³-hybridized carbons (Fsp3) is 0.290. The highest BCUT2D eigenvalue weighted by Crippen LogP contribution is 2.23. The lowest BCUT2D eigenvalue weighted by molar-refractivity contribution is -0.150. The van der Waals surface area contributed by atoms with Gasteiger partial charge < -0.3 is 19.5 Å². The maximum atomic E-state index is 13.2. The molecular formula is C31H33NO7. The van der Waals surface area contributed by atoms with Gasteiger partial charge >= 0.3 is 18.0 Å². The number of carbonyl (C=O) groups excluding carboxylic acids is 4. The minimum absolute atomic E-state index is 0.00171. The average molecular weight is 532 g/mol. The van der Waals surface area contributed by atoms with Crippen molar-refractivity contribution in [3.05, 3.63) is 108 Å². The second kappa shape index (κ2) is 13.9. The molecule has 0 saturated carbocycles. The summed E-state index contributed by atoms with van der Waals surface area (Å²) in [5, 5.41) is 2.49. The Labute approximate surface area is 228 Å². The minimum Gasteiger partial charge on any atom is -0.459 e. The Hall–Kier alpha value is -4.46. The van der Waals surface area contributed by atoms with Crippen LogP contribution >= 0.6 is 0 Å². The van der Waals surface area contributed by atoms with Crippen LogP contribution in [0.2, 0.25) is 0 Å². The third kappa shape index (κ3) is 9.74. The molecule has 0 radical (unpaired) electrons.